The predicted octanol–water partition coefficient (Wildman–Crippen LogP) is 3.73. The Kier molecular flexibility index (Phi) is 3.19. The minimum absolute atomic E-state index is 0.0316. The van der Waals surface area contributed by atoms with Gasteiger partial charge < -0.3 is 24.6 Å². The number of anilines is 1. The van der Waals surface area contributed by atoms with Crippen molar-refractivity contribution in [1.29, 1.82) is 0 Å². The third kappa shape index (κ3) is 2.00. The van der Waals surface area contributed by atoms with E-state index < -0.39 is 11.6 Å². The minimum atomic E-state index is -1.22. The maximum Gasteiger partial charge on any atom is 0.342 e. The zero-order chi connectivity index (χ0) is 19.6. The summed E-state index contributed by atoms with van der Waals surface area (Å²) < 4.78 is 12.0. The molecule has 2 aliphatic heterocycles. The van der Waals surface area contributed by atoms with E-state index in [9.17, 15) is 15.0 Å². The predicted molar refractivity (Wildman–Crippen MR) is 102 cm³/mol. The van der Waals surface area contributed by atoms with Gasteiger partial charge in [0.1, 0.15) is 23.0 Å². The molecule has 0 saturated heterocycles. The quantitative estimate of drug-likeness (QED) is 0.631. The first kappa shape index (κ1) is 16.5. The van der Waals surface area contributed by atoms with Gasteiger partial charge in [-0.1, -0.05) is 12.1 Å². The van der Waals surface area contributed by atoms with Crippen molar-refractivity contribution in [2.24, 2.45) is 0 Å². The van der Waals surface area contributed by atoms with Crippen LogP contribution in [-0.2, 0) is 10.3 Å². The summed E-state index contributed by atoms with van der Waals surface area (Å²) in [6.45, 7) is 0. The molecule has 2 N–H and O–H groups in total. The maximum absolute atomic E-state index is 13.0. The van der Waals surface area contributed by atoms with Gasteiger partial charge in [0.15, 0.2) is 5.60 Å². The first-order valence-corrected chi connectivity index (χ1v) is 8.81. The highest BCUT2D eigenvalue weighted by Crippen LogP contribution is 2.57. The number of aromatic hydroxyl groups is 2. The molecule has 0 aromatic heterocycles. The van der Waals surface area contributed by atoms with Gasteiger partial charge in [0.2, 0.25) is 0 Å². The molecule has 1 spiro atoms. The van der Waals surface area contributed by atoms with Crippen LogP contribution in [0, 0.1) is 0 Å². The number of phenols is 2. The Hall–Kier alpha value is -3.67. The van der Waals surface area contributed by atoms with Crippen molar-refractivity contribution in [3.05, 3.63) is 76.9 Å². The van der Waals surface area contributed by atoms with Crippen molar-refractivity contribution in [1.82, 2.24) is 0 Å². The highest BCUT2D eigenvalue weighted by Gasteiger charge is 2.54. The van der Waals surface area contributed by atoms with Crippen LogP contribution in [0.3, 0.4) is 0 Å². The van der Waals surface area contributed by atoms with Crippen molar-refractivity contribution in [2.75, 3.05) is 19.0 Å². The number of rotatable bonds is 1. The number of fused-ring (bicyclic) bond motifs is 6. The van der Waals surface area contributed by atoms with Gasteiger partial charge in [0.25, 0.3) is 0 Å². The van der Waals surface area contributed by atoms with Crippen LogP contribution in [0.25, 0.3) is 0 Å². The maximum atomic E-state index is 13.0. The third-order valence-electron chi connectivity index (χ3n) is 5.26. The van der Waals surface area contributed by atoms with Crippen LogP contribution in [-0.4, -0.2) is 30.3 Å². The summed E-state index contributed by atoms with van der Waals surface area (Å²) in [5.41, 5.74) is 1.96. The molecule has 6 heteroatoms. The molecule has 6 nitrogen and oxygen atoms in total. The van der Waals surface area contributed by atoms with E-state index in [0.717, 1.165) is 5.69 Å². The van der Waals surface area contributed by atoms with E-state index in [4.69, 9.17) is 9.47 Å². The Balaban J connectivity index is 1.90. The molecule has 28 heavy (non-hydrogen) atoms. The Morgan fingerprint density at radius 2 is 1.46 bits per heavy atom. The van der Waals surface area contributed by atoms with Crippen LogP contribution in [0.1, 0.15) is 27.0 Å². The average molecular weight is 375 g/mol. The molecule has 2 aliphatic rings. The molecule has 0 bridgehead atoms. The number of hydrogen-bond donors (Lipinski definition) is 2. The van der Waals surface area contributed by atoms with Crippen molar-refractivity contribution < 1.29 is 24.5 Å². The van der Waals surface area contributed by atoms with Crippen molar-refractivity contribution in [3.8, 4) is 23.0 Å². The normalized spacial score (nSPS) is 15.3. The zero-order valence-electron chi connectivity index (χ0n) is 15.3. The van der Waals surface area contributed by atoms with Crippen LogP contribution in [0.5, 0.6) is 23.0 Å². The molecule has 140 valence electrons. The SMILES string of the molecule is CN(C)c1cccc2c1C(=O)OC21c2ccc(O)cc2Oc2cc(O)ccc21. The lowest BCUT2D eigenvalue weighted by molar-refractivity contribution is 0.0224. The highest BCUT2D eigenvalue weighted by atomic mass is 16.6. The molecular weight excluding hydrogens is 358 g/mol. The van der Waals surface area contributed by atoms with Gasteiger partial charge in [0, 0.05) is 42.9 Å². The summed E-state index contributed by atoms with van der Waals surface area (Å²) >= 11 is 0. The van der Waals surface area contributed by atoms with E-state index in [1.54, 1.807) is 12.1 Å². The standard InChI is InChI=1S/C22H17NO5/c1-23(2)17-5-3-4-16-20(17)21(26)28-22(16)14-8-6-12(24)10-18(14)27-19-11-13(25)7-9-15(19)22/h3-11,24-25H,1-2H3. The monoisotopic (exact) mass is 375 g/mol. The third-order valence-corrected chi connectivity index (χ3v) is 5.26. The largest absolute Gasteiger partial charge is 0.508 e. The molecule has 0 radical (unpaired) electrons. The number of nitrogens with zero attached hydrogens (tertiary/aromatic N) is 1. The van der Waals surface area contributed by atoms with Gasteiger partial charge in [-0.3, -0.25) is 0 Å². The number of hydrogen-bond acceptors (Lipinski definition) is 6. The van der Waals surface area contributed by atoms with Crippen molar-refractivity contribution in [2.45, 2.75) is 5.60 Å². The van der Waals surface area contributed by atoms with E-state index in [1.165, 1.54) is 24.3 Å². The Labute approximate surface area is 161 Å². The molecule has 3 aromatic rings. The summed E-state index contributed by atoms with van der Waals surface area (Å²) in [4.78, 5) is 14.9. The molecule has 0 fully saturated rings. The van der Waals surface area contributed by atoms with Crippen LogP contribution < -0.4 is 9.64 Å². The fourth-order valence-corrected chi connectivity index (χ4v) is 4.10. The summed E-state index contributed by atoms with van der Waals surface area (Å²) in [5.74, 6) is 0.371. The second kappa shape index (κ2) is 5.42. The van der Waals surface area contributed by atoms with Gasteiger partial charge in [-0.2, -0.15) is 0 Å². The number of ether oxygens (including phenoxy) is 2. The zero-order valence-corrected chi connectivity index (χ0v) is 15.3. The molecule has 5 rings (SSSR count). The topological polar surface area (TPSA) is 79.2 Å². The van der Waals surface area contributed by atoms with E-state index in [0.29, 0.717) is 33.8 Å². The van der Waals surface area contributed by atoms with Crippen molar-refractivity contribution >= 4 is 11.7 Å². The summed E-state index contributed by atoms with van der Waals surface area (Å²) in [6, 6.07) is 15.1. The molecule has 0 aliphatic carbocycles. The summed E-state index contributed by atoms with van der Waals surface area (Å²) in [6.07, 6.45) is 0. The van der Waals surface area contributed by atoms with Crippen LogP contribution >= 0.6 is 0 Å². The molecule has 2 heterocycles. The molecule has 0 saturated carbocycles. The molecule has 3 aromatic carbocycles. The average Bonchev–Trinajstić information content (AvgIpc) is 2.95. The first-order valence-electron chi connectivity index (χ1n) is 8.81. The van der Waals surface area contributed by atoms with Crippen LogP contribution in [0.15, 0.2) is 54.6 Å². The van der Waals surface area contributed by atoms with Gasteiger partial charge in [0.05, 0.1) is 11.3 Å². The van der Waals surface area contributed by atoms with Crippen LogP contribution in [0.4, 0.5) is 5.69 Å². The lowest BCUT2D eigenvalue weighted by atomic mass is 9.77. The fourth-order valence-electron chi connectivity index (χ4n) is 4.10. The van der Waals surface area contributed by atoms with Crippen LogP contribution in [0.2, 0.25) is 0 Å². The van der Waals surface area contributed by atoms with Crippen molar-refractivity contribution in [3.63, 3.8) is 0 Å². The summed E-state index contributed by atoms with van der Waals surface area (Å²) in [7, 11) is 3.74. The van der Waals surface area contributed by atoms with E-state index in [1.807, 2.05) is 37.2 Å². The fraction of sp³-hybridized carbons (Fsp3) is 0.136. The van der Waals surface area contributed by atoms with Gasteiger partial charge in [-0.05, 0) is 30.3 Å². The lowest BCUT2D eigenvalue weighted by Gasteiger charge is -2.36. The van der Waals surface area contributed by atoms with Gasteiger partial charge in [-0.15, -0.1) is 0 Å². The first-order chi connectivity index (χ1) is 13.4. The number of benzene rings is 3. The highest BCUT2D eigenvalue weighted by molar-refractivity contribution is 6.02. The van der Waals surface area contributed by atoms with Gasteiger partial charge in [-0.25, -0.2) is 4.79 Å². The Morgan fingerprint density at radius 3 is 2.04 bits per heavy atom. The number of phenolic OH excluding ortho intramolecular Hbond substituents is 2. The lowest BCUT2D eigenvalue weighted by Crippen LogP contribution is -2.32. The van der Waals surface area contributed by atoms with E-state index in [2.05, 4.69) is 0 Å². The molecule has 0 amide bonds. The second-order valence-corrected chi connectivity index (χ2v) is 7.13. The van der Waals surface area contributed by atoms with E-state index >= 15 is 0 Å². The molecule has 0 atom stereocenters. The van der Waals surface area contributed by atoms with Gasteiger partial charge >= 0.3 is 5.97 Å². The Bertz CT molecular complexity index is 1100. The van der Waals surface area contributed by atoms with E-state index in [-0.39, 0.29) is 11.5 Å². The molecular formula is C22H17NO5. The number of carbonyl (C=O) groups excluding carboxylic acids is 1. The number of carbonyl (C=O) groups is 1. The Morgan fingerprint density at radius 1 is 0.857 bits per heavy atom. The molecule has 0 unspecified atom stereocenters. The summed E-state index contributed by atoms with van der Waals surface area (Å²) in [5, 5.41) is 19.9. The second-order valence-electron chi connectivity index (χ2n) is 7.13. The number of esters is 1. The minimum Gasteiger partial charge on any atom is -0.508 e. The smallest absolute Gasteiger partial charge is 0.342 e.